The van der Waals surface area contributed by atoms with E-state index in [1.165, 1.54) is 32.1 Å². The minimum atomic E-state index is -0.644. The van der Waals surface area contributed by atoms with E-state index in [-0.39, 0.29) is 0 Å². The molecule has 1 N–H and O–H groups in total. The molecule has 17 heavy (non-hydrogen) atoms. The van der Waals surface area contributed by atoms with E-state index in [2.05, 4.69) is 26.1 Å². The summed E-state index contributed by atoms with van der Waals surface area (Å²) in [6, 6.07) is 0.497. The molecular weight excluding hydrogens is 230 g/mol. The van der Waals surface area contributed by atoms with Crippen LogP contribution in [-0.4, -0.2) is 27.8 Å². The number of hydrogen-bond donors (Lipinski definition) is 1. The Hall–Kier alpha value is 0.110. The maximum Gasteiger partial charge on any atom is 0.0501 e. The third-order valence-corrected chi connectivity index (χ3v) is 5.68. The fourth-order valence-corrected chi connectivity index (χ4v) is 4.54. The summed E-state index contributed by atoms with van der Waals surface area (Å²) in [6.07, 6.45) is 7.42. The summed E-state index contributed by atoms with van der Waals surface area (Å²) in [5.41, 5.74) is 0. The third kappa shape index (κ3) is 5.52. The Balaban J connectivity index is 2.57. The summed E-state index contributed by atoms with van der Waals surface area (Å²) >= 11 is 0. The van der Waals surface area contributed by atoms with Crippen molar-refractivity contribution in [3.8, 4) is 0 Å². The molecule has 0 amide bonds. The fourth-order valence-electron chi connectivity index (χ4n) is 2.60. The summed E-state index contributed by atoms with van der Waals surface area (Å²) in [4.78, 5) is 0. The Labute approximate surface area is 109 Å². The standard InChI is InChI=1S/C14H29NOS/c1-4-10-15-13-8-6-5-7-9-14(13)17(16)11-12(2)3/h12-15H,4-11H2,1-3H3. The van der Waals surface area contributed by atoms with E-state index in [1.54, 1.807) is 0 Å². The minimum absolute atomic E-state index is 0.395. The van der Waals surface area contributed by atoms with Gasteiger partial charge in [-0.25, -0.2) is 0 Å². The van der Waals surface area contributed by atoms with Crippen LogP contribution >= 0.6 is 0 Å². The topological polar surface area (TPSA) is 29.1 Å². The zero-order chi connectivity index (χ0) is 12.7. The van der Waals surface area contributed by atoms with Gasteiger partial charge in [-0.3, -0.25) is 4.21 Å². The molecule has 0 aromatic heterocycles. The van der Waals surface area contributed by atoms with E-state index in [0.29, 0.717) is 17.2 Å². The van der Waals surface area contributed by atoms with Crippen molar-refractivity contribution in [1.82, 2.24) is 5.32 Å². The highest BCUT2D eigenvalue weighted by Crippen LogP contribution is 2.23. The van der Waals surface area contributed by atoms with Crippen LogP contribution in [0.4, 0.5) is 0 Å². The first-order chi connectivity index (χ1) is 8.15. The van der Waals surface area contributed by atoms with E-state index < -0.39 is 10.8 Å². The minimum Gasteiger partial charge on any atom is -0.313 e. The van der Waals surface area contributed by atoms with Gasteiger partial charge in [0.1, 0.15) is 0 Å². The molecule has 0 aromatic carbocycles. The normalized spacial score (nSPS) is 28.0. The highest BCUT2D eigenvalue weighted by Gasteiger charge is 2.28. The lowest BCUT2D eigenvalue weighted by Crippen LogP contribution is -2.42. The van der Waals surface area contributed by atoms with Crippen LogP contribution in [0.1, 0.15) is 59.3 Å². The molecule has 1 fully saturated rings. The first-order valence-corrected chi connectivity index (χ1v) is 8.64. The Bertz CT molecular complexity index is 230. The maximum absolute atomic E-state index is 12.4. The number of rotatable bonds is 6. The third-order valence-electron chi connectivity index (χ3n) is 3.44. The predicted octanol–water partition coefficient (Wildman–Crippen LogP) is 3.09. The van der Waals surface area contributed by atoms with Crippen LogP contribution < -0.4 is 5.32 Å². The number of hydrogen-bond acceptors (Lipinski definition) is 2. The van der Waals surface area contributed by atoms with Crippen molar-refractivity contribution in [3.63, 3.8) is 0 Å². The molecule has 1 saturated carbocycles. The van der Waals surface area contributed by atoms with Crippen LogP contribution in [0.15, 0.2) is 0 Å². The lowest BCUT2D eigenvalue weighted by molar-refractivity contribution is 0.461. The SMILES string of the molecule is CCCNC1CCCCCC1S(=O)CC(C)C. The lowest BCUT2D eigenvalue weighted by Gasteiger charge is -2.26. The molecule has 2 nitrogen and oxygen atoms in total. The summed E-state index contributed by atoms with van der Waals surface area (Å²) in [5.74, 6) is 1.42. The van der Waals surface area contributed by atoms with Gasteiger partial charge in [0, 0.05) is 22.6 Å². The Morgan fingerprint density at radius 2 is 1.94 bits per heavy atom. The van der Waals surface area contributed by atoms with Gasteiger partial charge in [-0.05, 0) is 31.7 Å². The second-order valence-corrected chi connectivity index (χ2v) is 7.38. The molecule has 0 aromatic rings. The van der Waals surface area contributed by atoms with E-state index in [1.807, 2.05) is 0 Å². The molecule has 0 aliphatic heterocycles. The molecule has 0 saturated heterocycles. The molecule has 0 radical (unpaired) electrons. The van der Waals surface area contributed by atoms with Gasteiger partial charge in [0.05, 0.1) is 5.25 Å². The van der Waals surface area contributed by atoms with E-state index in [4.69, 9.17) is 0 Å². The van der Waals surface area contributed by atoms with Crippen LogP contribution in [0.5, 0.6) is 0 Å². The zero-order valence-electron chi connectivity index (χ0n) is 11.7. The van der Waals surface area contributed by atoms with Crippen molar-refractivity contribution in [1.29, 1.82) is 0 Å². The second-order valence-electron chi connectivity index (χ2n) is 5.68. The van der Waals surface area contributed by atoms with Gasteiger partial charge >= 0.3 is 0 Å². The van der Waals surface area contributed by atoms with Crippen molar-refractivity contribution in [2.24, 2.45) is 5.92 Å². The molecule has 0 spiro atoms. The molecule has 0 heterocycles. The lowest BCUT2D eigenvalue weighted by atomic mass is 10.1. The van der Waals surface area contributed by atoms with Gasteiger partial charge in [-0.1, -0.05) is 40.0 Å². The van der Waals surface area contributed by atoms with E-state index in [0.717, 1.165) is 18.7 Å². The van der Waals surface area contributed by atoms with Crippen LogP contribution in [0.25, 0.3) is 0 Å². The highest BCUT2D eigenvalue weighted by atomic mass is 32.2. The molecular formula is C14H29NOS. The largest absolute Gasteiger partial charge is 0.313 e. The second kappa shape index (κ2) is 8.25. The van der Waals surface area contributed by atoms with Gasteiger partial charge < -0.3 is 5.32 Å². The van der Waals surface area contributed by atoms with Gasteiger partial charge in [0.15, 0.2) is 0 Å². The van der Waals surface area contributed by atoms with Gasteiger partial charge in [0.2, 0.25) is 0 Å². The van der Waals surface area contributed by atoms with Crippen LogP contribution in [0.3, 0.4) is 0 Å². The van der Waals surface area contributed by atoms with E-state index in [9.17, 15) is 4.21 Å². The molecule has 3 heteroatoms. The molecule has 1 aliphatic carbocycles. The quantitative estimate of drug-likeness (QED) is 0.743. The van der Waals surface area contributed by atoms with Gasteiger partial charge in [-0.15, -0.1) is 0 Å². The molecule has 3 unspecified atom stereocenters. The fraction of sp³-hybridized carbons (Fsp3) is 1.00. The highest BCUT2D eigenvalue weighted by molar-refractivity contribution is 7.85. The average Bonchev–Trinajstić information content (AvgIpc) is 2.50. The van der Waals surface area contributed by atoms with Crippen molar-refractivity contribution in [3.05, 3.63) is 0 Å². The Morgan fingerprint density at radius 1 is 1.24 bits per heavy atom. The predicted molar refractivity (Wildman–Crippen MR) is 76.8 cm³/mol. The number of nitrogens with one attached hydrogen (secondary N) is 1. The molecule has 3 atom stereocenters. The molecule has 1 rings (SSSR count). The van der Waals surface area contributed by atoms with Gasteiger partial charge in [0.25, 0.3) is 0 Å². The molecule has 1 aliphatic rings. The smallest absolute Gasteiger partial charge is 0.0501 e. The van der Waals surface area contributed by atoms with Crippen molar-refractivity contribution >= 4 is 10.8 Å². The summed E-state index contributed by atoms with van der Waals surface area (Å²) in [6.45, 7) is 7.61. The summed E-state index contributed by atoms with van der Waals surface area (Å²) in [7, 11) is -0.644. The van der Waals surface area contributed by atoms with Crippen molar-refractivity contribution < 1.29 is 4.21 Å². The zero-order valence-corrected chi connectivity index (χ0v) is 12.5. The first-order valence-electron chi connectivity index (χ1n) is 7.25. The molecule has 102 valence electrons. The maximum atomic E-state index is 12.4. The summed E-state index contributed by atoms with van der Waals surface area (Å²) < 4.78 is 12.4. The van der Waals surface area contributed by atoms with Crippen LogP contribution in [0.2, 0.25) is 0 Å². The first kappa shape index (κ1) is 15.2. The van der Waals surface area contributed by atoms with Gasteiger partial charge in [-0.2, -0.15) is 0 Å². The van der Waals surface area contributed by atoms with E-state index >= 15 is 0 Å². The van der Waals surface area contributed by atoms with Crippen LogP contribution in [0, 0.1) is 5.92 Å². The Kier molecular flexibility index (Phi) is 7.36. The monoisotopic (exact) mass is 259 g/mol. The van der Waals surface area contributed by atoms with Crippen molar-refractivity contribution in [2.75, 3.05) is 12.3 Å². The Morgan fingerprint density at radius 3 is 2.59 bits per heavy atom. The average molecular weight is 259 g/mol. The van der Waals surface area contributed by atoms with Crippen molar-refractivity contribution in [2.45, 2.75) is 70.6 Å². The van der Waals surface area contributed by atoms with Crippen LogP contribution in [-0.2, 0) is 10.8 Å². The molecule has 0 bridgehead atoms. The summed E-state index contributed by atoms with van der Waals surface area (Å²) in [5, 5.41) is 4.02.